The lowest BCUT2D eigenvalue weighted by atomic mass is 10.4. The van der Waals surface area contributed by atoms with Crippen molar-refractivity contribution in [1.29, 1.82) is 0 Å². The van der Waals surface area contributed by atoms with Gasteiger partial charge in [0.2, 0.25) is 0 Å². The van der Waals surface area contributed by atoms with E-state index in [4.69, 9.17) is 5.73 Å². The van der Waals surface area contributed by atoms with Crippen LogP contribution in [-0.4, -0.2) is 19.7 Å². The fourth-order valence-corrected chi connectivity index (χ4v) is 1.57. The molecule has 0 aliphatic heterocycles. The van der Waals surface area contributed by atoms with E-state index in [0.29, 0.717) is 11.6 Å². The minimum Gasteiger partial charge on any atom is -0.382 e. The number of anilines is 1. The van der Waals surface area contributed by atoms with Crippen LogP contribution in [0.3, 0.4) is 0 Å². The lowest BCUT2D eigenvalue weighted by molar-refractivity contribution is 0.801. The van der Waals surface area contributed by atoms with Crippen molar-refractivity contribution in [2.75, 3.05) is 5.73 Å². The summed E-state index contributed by atoms with van der Waals surface area (Å²) in [6.07, 6.45) is 3.13. The predicted octanol–water partition coefficient (Wildman–Crippen LogP) is 1.62. The lowest BCUT2D eigenvalue weighted by Crippen LogP contribution is -2.04. The smallest absolute Gasteiger partial charge is 0.174 e. The Hall–Kier alpha value is -1.43. The zero-order valence-electron chi connectivity index (χ0n) is 8.40. The van der Waals surface area contributed by atoms with Gasteiger partial charge < -0.3 is 5.73 Å². The molecule has 15 heavy (non-hydrogen) atoms. The maximum atomic E-state index is 5.56. The minimum absolute atomic E-state index is 0.385. The third-order valence-electron chi connectivity index (χ3n) is 2.06. The molecule has 78 valence electrons. The molecule has 0 aliphatic rings. The molecule has 2 rings (SSSR count). The van der Waals surface area contributed by atoms with E-state index in [-0.39, 0.29) is 0 Å². The van der Waals surface area contributed by atoms with Crippen LogP contribution < -0.4 is 5.73 Å². The Bertz CT molecular complexity index is 505. The van der Waals surface area contributed by atoms with Crippen molar-refractivity contribution in [3.05, 3.63) is 28.3 Å². The largest absolute Gasteiger partial charge is 0.382 e. The number of hydrogen-bond acceptors (Lipinski definition) is 4. The molecule has 0 aromatic carbocycles. The van der Waals surface area contributed by atoms with Crippen molar-refractivity contribution in [2.24, 2.45) is 0 Å². The highest BCUT2D eigenvalue weighted by Gasteiger charge is 2.11. The molecular formula is C9H10BrN5. The van der Waals surface area contributed by atoms with E-state index in [0.717, 1.165) is 15.9 Å². The Morgan fingerprint density at radius 2 is 2.07 bits per heavy atom. The number of nitrogens with two attached hydrogens (primary N) is 1. The molecule has 0 spiro atoms. The number of nitrogens with zero attached hydrogens (tertiary/aromatic N) is 4. The number of aromatic nitrogens is 4. The lowest BCUT2D eigenvalue weighted by Gasteiger charge is -2.02. The molecular weight excluding hydrogens is 258 g/mol. The molecule has 0 atom stereocenters. The predicted molar refractivity (Wildman–Crippen MR) is 60.7 cm³/mol. The van der Waals surface area contributed by atoms with Gasteiger partial charge in [-0.3, -0.25) is 4.98 Å². The molecule has 2 aromatic heterocycles. The topological polar surface area (TPSA) is 69.6 Å². The first-order valence-electron chi connectivity index (χ1n) is 4.39. The van der Waals surface area contributed by atoms with Crippen LogP contribution >= 0.6 is 15.9 Å². The van der Waals surface area contributed by atoms with Crippen LogP contribution in [0, 0.1) is 13.8 Å². The zero-order chi connectivity index (χ0) is 11.0. The summed E-state index contributed by atoms with van der Waals surface area (Å²) in [6.45, 7) is 3.88. The van der Waals surface area contributed by atoms with Crippen LogP contribution in [0.1, 0.15) is 11.4 Å². The summed E-state index contributed by atoms with van der Waals surface area (Å²) < 4.78 is 2.69. The third-order valence-corrected chi connectivity index (χ3v) is 3.21. The molecule has 0 saturated carbocycles. The first-order chi connectivity index (χ1) is 7.09. The molecule has 5 nitrogen and oxygen atoms in total. The van der Waals surface area contributed by atoms with Crippen LogP contribution in [0.4, 0.5) is 5.82 Å². The number of hydrogen-bond donors (Lipinski definition) is 1. The Kier molecular flexibility index (Phi) is 2.44. The second-order valence-electron chi connectivity index (χ2n) is 3.20. The molecule has 0 unspecified atom stereocenters. The molecule has 0 aliphatic carbocycles. The van der Waals surface area contributed by atoms with Gasteiger partial charge in [-0.2, -0.15) is 5.10 Å². The van der Waals surface area contributed by atoms with E-state index in [1.165, 1.54) is 6.20 Å². The highest BCUT2D eigenvalue weighted by molar-refractivity contribution is 9.10. The van der Waals surface area contributed by atoms with Crippen LogP contribution in [0.15, 0.2) is 16.9 Å². The van der Waals surface area contributed by atoms with Crippen molar-refractivity contribution in [3.8, 4) is 5.82 Å². The second kappa shape index (κ2) is 3.62. The number of nitrogen functional groups attached to an aromatic ring is 1. The molecule has 2 heterocycles. The van der Waals surface area contributed by atoms with Crippen LogP contribution in [0.2, 0.25) is 0 Å². The average molecular weight is 268 g/mol. The molecule has 2 N–H and O–H groups in total. The van der Waals surface area contributed by atoms with Gasteiger partial charge in [-0.1, -0.05) is 0 Å². The quantitative estimate of drug-likeness (QED) is 0.853. The fourth-order valence-electron chi connectivity index (χ4n) is 1.32. The van der Waals surface area contributed by atoms with E-state index in [2.05, 4.69) is 31.0 Å². The summed E-state index contributed by atoms with van der Waals surface area (Å²) in [6, 6.07) is 0. The SMILES string of the molecule is Cc1nn(-c2cncc(N)n2)c(C)c1Br. The van der Waals surface area contributed by atoms with Crippen molar-refractivity contribution in [2.45, 2.75) is 13.8 Å². The Labute approximate surface area is 95.5 Å². The average Bonchev–Trinajstić information content (AvgIpc) is 2.46. The summed E-state index contributed by atoms with van der Waals surface area (Å²) in [4.78, 5) is 8.13. The molecule has 2 aromatic rings. The summed E-state index contributed by atoms with van der Waals surface area (Å²) in [7, 11) is 0. The van der Waals surface area contributed by atoms with Gasteiger partial charge in [0.1, 0.15) is 5.82 Å². The van der Waals surface area contributed by atoms with Crippen molar-refractivity contribution in [1.82, 2.24) is 19.7 Å². The second-order valence-corrected chi connectivity index (χ2v) is 3.99. The van der Waals surface area contributed by atoms with E-state index in [1.54, 1.807) is 10.9 Å². The van der Waals surface area contributed by atoms with Crippen molar-refractivity contribution < 1.29 is 0 Å². The van der Waals surface area contributed by atoms with Gasteiger partial charge in [0, 0.05) is 0 Å². The first-order valence-corrected chi connectivity index (χ1v) is 5.18. The Morgan fingerprint density at radius 3 is 2.60 bits per heavy atom. The molecule has 0 radical (unpaired) electrons. The molecule has 6 heteroatoms. The van der Waals surface area contributed by atoms with Gasteiger partial charge >= 0.3 is 0 Å². The van der Waals surface area contributed by atoms with Crippen LogP contribution in [0.25, 0.3) is 5.82 Å². The summed E-state index contributed by atoms with van der Waals surface area (Å²) in [5, 5.41) is 4.33. The van der Waals surface area contributed by atoms with Gasteiger partial charge in [0.15, 0.2) is 5.82 Å². The van der Waals surface area contributed by atoms with E-state index in [9.17, 15) is 0 Å². The number of rotatable bonds is 1. The van der Waals surface area contributed by atoms with E-state index >= 15 is 0 Å². The van der Waals surface area contributed by atoms with Gasteiger partial charge in [-0.05, 0) is 29.8 Å². The van der Waals surface area contributed by atoms with Gasteiger partial charge in [0.05, 0.1) is 28.3 Å². The third kappa shape index (κ3) is 1.72. The summed E-state index contributed by atoms with van der Waals surface area (Å²) >= 11 is 3.45. The Morgan fingerprint density at radius 1 is 1.33 bits per heavy atom. The van der Waals surface area contributed by atoms with E-state index in [1.807, 2.05) is 13.8 Å². The minimum atomic E-state index is 0.385. The molecule has 0 amide bonds. The summed E-state index contributed by atoms with van der Waals surface area (Å²) in [5.41, 5.74) is 7.46. The monoisotopic (exact) mass is 267 g/mol. The molecule has 0 fully saturated rings. The maximum Gasteiger partial charge on any atom is 0.174 e. The fraction of sp³-hybridized carbons (Fsp3) is 0.222. The highest BCUT2D eigenvalue weighted by atomic mass is 79.9. The zero-order valence-corrected chi connectivity index (χ0v) is 9.98. The number of aryl methyl sites for hydroxylation is 1. The van der Waals surface area contributed by atoms with Crippen LogP contribution in [0.5, 0.6) is 0 Å². The highest BCUT2D eigenvalue weighted by Crippen LogP contribution is 2.21. The summed E-state index contributed by atoms with van der Waals surface area (Å²) in [5.74, 6) is 1.01. The number of halogens is 1. The van der Waals surface area contributed by atoms with Gasteiger partial charge in [-0.25, -0.2) is 9.67 Å². The van der Waals surface area contributed by atoms with Crippen molar-refractivity contribution >= 4 is 21.7 Å². The maximum absolute atomic E-state index is 5.56. The van der Waals surface area contributed by atoms with E-state index < -0.39 is 0 Å². The van der Waals surface area contributed by atoms with Crippen LogP contribution in [-0.2, 0) is 0 Å². The Balaban J connectivity index is 2.59. The normalized spacial score (nSPS) is 10.6. The molecule has 0 bridgehead atoms. The van der Waals surface area contributed by atoms with Gasteiger partial charge in [-0.15, -0.1) is 0 Å². The first kappa shape index (κ1) is 10.1. The standard InChI is InChI=1S/C9H10BrN5/c1-5-9(10)6(2)15(14-5)8-4-12-3-7(11)13-8/h3-4H,1-2H3,(H2,11,13). The van der Waals surface area contributed by atoms with Gasteiger partial charge in [0.25, 0.3) is 0 Å². The molecule has 0 saturated heterocycles. The van der Waals surface area contributed by atoms with Crippen molar-refractivity contribution in [3.63, 3.8) is 0 Å².